The van der Waals surface area contributed by atoms with Crippen molar-refractivity contribution in [2.24, 2.45) is 0 Å². The highest BCUT2D eigenvalue weighted by Crippen LogP contribution is 2.46. The maximum atomic E-state index is 13.4. The molecule has 3 aliphatic rings. The molecule has 4 heterocycles. The van der Waals surface area contributed by atoms with Gasteiger partial charge in [-0.15, -0.1) is 0 Å². The smallest absolute Gasteiger partial charge is 0.257 e. The number of carbonyl (C=O) groups is 1. The Labute approximate surface area is 211 Å². The molecule has 0 N–H and O–H groups in total. The number of nitrogens with zero attached hydrogens (tertiary/aromatic N) is 4. The highest BCUT2D eigenvalue weighted by atomic mass is 16.5. The summed E-state index contributed by atoms with van der Waals surface area (Å²) < 4.78 is 11.3. The molecule has 2 aromatic heterocycles. The van der Waals surface area contributed by atoms with Crippen LogP contribution >= 0.6 is 0 Å². The number of benzene rings is 1. The zero-order valence-electron chi connectivity index (χ0n) is 20.7. The van der Waals surface area contributed by atoms with Crippen LogP contribution in [0.5, 0.6) is 0 Å². The van der Waals surface area contributed by atoms with E-state index in [4.69, 9.17) is 14.1 Å². The summed E-state index contributed by atoms with van der Waals surface area (Å²) in [6.07, 6.45) is 5.99. The Balaban J connectivity index is 1.41. The van der Waals surface area contributed by atoms with E-state index in [9.17, 15) is 10.1 Å². The number of carbonyl (C=O) groups excluding carboxylic acids is 1. The van der Waals surface area contributed by atoms with Crippen molar-refractivity contribution in [1.29, 1.82) is 5.26 Å². The van der Waals surface area contributed by atoms with E-state index in [1.807, 2.05) is 23.1 Å². The number of pyridine rings is 1. The largest absolute Gasteiger partial charge is 0.472 e. The Morgan fingerprint density at radius 2 is 1.94 bits per heavy atom. The predicted molar refractivity (Wildman–Crippen MR) is 135 cm³/mol. The molecule has 36 heavy (non-hydrogen) atoms. The van der Waals surface area contributed by atoms with Crippen molar-refractivity contribution in [2.45, 2.75) is 57.3 Å². The summed E-state index contributed by atoms with van der Waals surface area (Å²) in [5.74, 6) is 1.16. The average molecular weight is 483 g/mol. The summed E-state index contributed by atoms with van der Waals surface area (Å²) in [7, 11) is 0. The Bertz CT molecular complexity index is 1320. The molecule has 3 aromatic rings. The van der Waals surface area contributed by atoms with E-state index < -0.39 is 0 Å². The van der Waals surface area contributed by atoms with Gasteiger partial charge < -0.3 is 19.0 Å². The summed E-state index contributed by atoms with van der Waals surface area (Å²) >= 11 is 0. The van der Waals surface area contributed by atoms with Crippen LogP contribution in [0.4, 0.5) is 5.82 Å². The molecule has 1 saturated carbocycles. The first-order valence-corrected chi connectivity index (χ1v) is 12.7. The summed E-state index contributed by atoms with van der Waals surface area (Å²) in [6.45, 7) is 6.38. The van der Waals surface area contributed by atoms with E-state index in [1.54, 1.807) is 6.07 Å². The van der Waals surface area contributed by atoms with E-state index in [-0.39, 0.29) is 17.6 Å². The van der Waals surface area contributed by atoms with E-state index in [2.05, 4.69) is 36.9 Å². The lowest BCUT2D eigenvalue weighted by atomic mass is 9.87. The Morgan fingerprint density at radius 1 is 1.14 bits per heavy atom. The maximum absolute atomic E-state index is 13.4. The van der Waals surface area contributed by atoms with Gasteiger partial charge in [-0.3, -0.25) is 4.79 Å². The number of rotatable bonds is 4. The van der Waals surface area contributed by atoms with Crippen LogP contribution in [0.1, 0.15) is 77.0 Å². The second kappa shape index (κ2) is 8.79. The first-order valence-electron chi connectivity index (χ1n) is 12.7. The van der Waals surface area contributed by atoms with E-state index in [0.29, 0.717) is 49.7 Å². The minimum atomic E-state index is -0.319. The summed E-state index contributed by atoms with van der Waals surface area (Å²) in [6, 6.07) is 14.1. The molecule has 2 aliphatic heterocycles. The van der Waals surface area contributed by atoms with Crippen molar-refractivity contribution in [3.8, 4) is 6.07 Å². The van der Waals surface area contributed by atoms with Crippen molar-refractivity contribution < 1.29 is 13.9 Å². The number of piperazine rings is 1. The molecule has 1 amide bonds. The van der Waals surface area contributed by atoms with Crippen molar-refractivity contribution in [3.63, 3.8) is 0 Å². The van der Waals surface area contributed by atoms with Crippen molar-refractivity contribution in [1.82, 2.24) is 9.88 Å². The Hall–Kier alpha value is -3.63. The lowest BCUT2D eigenvalue weighted by Gasteiger charge is -2.43. The molecule has 1 atom stereocenters. The molecular formula is C29H30N4O3. The molecule has 7 heteroatoms. The molecule has 2 fully saturated rings. The van der Waals surface area contributed by atoms with Crippen LogP contribution in [0, 0.1) is 11.3 Å². The molecule has 184 valence electrons. The molecule has 7 nitrogen and oxygen atoms in total. The van der Waals surface area contributed by atoms with Gasteiger partial charge in [-0.1, -0.05) is 30.3 Å². The van der Waals surface area contributed by atoms with Crippen LogP contribution in [0.3, 0.4) is 0 Å². The van der Waals surface area contributed by atoms with Crippen molar-refractivity contribution in [2.75, 3.05) is 24.5 Å². The van der Waals surface area contributed by atoms with Crippen LogP contribution in [-0.4, -0.2) is 41.0 Å². The van der Waals surface area contributed by atoms with Gasteiger partial charge in [0, 0.05) is 37.5 Å². The third-order valence-corrected chi connectivity index (χ3v) is 7.60. The minimum Gasteiger partial charge on any atom is -0.472 e. The number of hydrogen-bond acceptors (Lipinski definition) is 6. The number of nitriles is 1. The maximum Gasteiger partial charge on any atom is 0.257 e. The van der Waals surface area contributed by atoms with Crippen LogP contribution in [-0.2, 0) is 17.8 Å². The van der Waals surface area contributed by atoms with Crippen LogP contribution in [0.15, 0.2) is 53.3 Å². The number of amides is 1. The topological polar surface area (TPSA) is 82.6 Å². The van der Waals surface area contributed by atoms with Crippen LogP contribution in [0.2, 0.25) is 0 Å². The highest BCUT2D eigenvalue weighted by Gasteiger charge is 2.39. The molecule has 0 unspecified atom stereocenters. The molecule has 0 radical (unpaired) electrons. The van der Waals surface area contributed by atoms with Crippen LogP contribution in [0.25, 0.3) is 0 Å². The van der Waals surface area contributed by atoms with Gasteiger partial charge in [0.15, 0.2) is 0 Å². The molecule has 1 saturated heterocycles. The molecule has 0 spiro atoms. The third kappa shape index (κ3) is 4.06. The monoisotopic (exact) mass is 482 g/mol. The quantitative estimate of drug-likeness (QED) is 0.522. The SMILES string of the molecule is CC1(C)Cc2c(C#N)c(N3CCN(C(=O)c4ccoc4)[C@H](c4ccccc4)C3)nc(C3CC3)c2CO1. The Kier molecular flexibility index (Phi) is 5.57. The number of anilines is 1. The zero-order valence-corrected chi connectivity index (χ0v) is 20.7. The number of aromatic nitrogens is 1. The lowest BCUT2D eigenvalue weighted by Crippen LogP contribution is -2.51. The van der Waals surface area contributed by atoms with Gasteiger partial charge in [0.2, 0.25) is 0 Å². The summed E-state index contributed by atoms with van der Waals surface area (Å²) in [5, 5.41) is 10.3. The fraction of sp³-hybridized carbons (Fsp3) is 0.414. The minimum absolute atomic E-state index is 0.0475. The Morgan fingerprint density at radius 3 is 2.64 bits per heavy atom. The fourth-order valence-corrected chi connectivity index (χ4v) is 5.55. The molecule has 6 rings (SSSR count). The van der Waals surface area contributed by atoms with Gasteiger partial charge in [0.1, 0.15) is 18.2 Å². The first-order chi connectivity index (χ1) is 17.4. The van der Waals surface area contributed by atoms with Gasteiger partial charge in [-0.05, 0) is 43.9 Å². The van der Waals surface area contributed by atoms with Crippen LogP contribution < -0.4 is 4.90 Å². The number of fused-ring (bicyclic) bond motifs is 1. The second-order valence-electron chi connectivity index (χ2n) is 10.6. The predicted octanol–water partition coefficient (Wildman–Crippen LogP) is 4.98. The molecule has 1 aliphatic carbocycles. The van der Waals surface area contributed by atoms with Gasteiger partial charge >= 0.3 is 0 Å². The number of hydrogen-bond donors (Lipinski definition) is 0. The highest BCUT2D eigenvalue weighted by molar-refractivity contribution is 5.94. The first kappa shape index (κ1) is 22.8. The van der Waals surface area contributed by atoms with Gasteiger partial charge in [0.25, 0.3) is 5.91 Å². The lowest BCUT2D eigenvalue weighted by molar-refractivity contribution is -0.0407. The fourth-order valence-electron chi connectivity index (χ4n) is 5.55. The van der Waals surface area contributed by atoms with E-state index in [1.165, 1.54) is 12.5 Å². The van der Waals surface area contributed by atoms with E-state index in [0.717, 1.165) is 41.0 Å². The number of furan rings is 1. The molecular weight excluding hydrogens is 452 g/mol. The van der Waals surface area contributed by atoms with Crippen molar-refractivity contribution in [3.05, 3.63) is 82.4 Å². The summed E-state index contributed by atoms with van der Waals surface area (Å²) in [5.41, 5.74) is 5.26. The standard InChI is InChI=1S/C29H30N4O3/c1-29(2)14-22-23(15-30)27(31-26(20-8-9-20)24(22)18-36-29)32-11-12-33(28(34)21-10-13-35-17-21)25(16-32)19-6-4-3-5-7-19/h3-7,10,13,17,20,25H,8-9,11-12,14,16,18H2,1-2H3/t25-/m0/s1. The average Bonchev–Trinajstić information content (AvgIpc) is 3.59. The van der Waals surface area contributed by atoms with E-state index >= 15 is 0 Å². The normalized spacial score (nSPS) is 21.1. The van der Waals surface area contributed by atoms with Gasteiger partial charge in [-0.2, -0.15) is 5.26 Å². The molecule has 1 aromatic carbocycles. The van der Waals surface area contributed by atoms with Gasteiger partial charge in [0.05, 0.1) is 41.3 Å². The molecule has 0 bridgehead atoms. The van der Waals surface area contributed by atoms with Gasteiger partial charge in [-0.25, -0.2) is 4.98 Å². The second-order valence-corrected chi connectivity index (χ2v) is 10.6. The number of ether oxygens (including phenoxy) is 1. The summed E-state index contributed by atoms with van der Waals surface area (Å²) in [4.78, 5) is 22.7. The van der Waals surface area contributed by atoms with Crippen molar-refractivity contribution >= 4 is 11.7 Å². The third-order valence-electron chi connectivity index (χ3n) is 7.60. The zero-order chi connectivity index (χ0) is 24.9.